The van der Waals surface area contributed by atoms with Crippen LogP contribution in [0.5, 0.6) is 0 Å². The van der Waals surface area contributed by atoms with Crippen LogP contribution >= 0.6 is 31.9 Å². The van der Waals surface area contributed by atoms with Crippen molar-refractivity contribution in [3.05, 3.63) is 35.9 Å². The molecule has 1 aromatic carbocycles. The first-order chi connectivity index (χ1) is 8.30. The second-order valence-corrected chi connectivity index (χ2v) is 5.87. The Kier molecular flexibility index (Phi) is 5.07. The average Bonchev–Trinajstić information content (AvgIpc) is 2.90. The molecule has 94 valence electrons. The van der Waals surface area contributed by atoms with Gasteiger partial charge >= 0.3 is 0 Å². The number of ether oxygens (including phenoxy) is 1. The van der Waals surface area contributed by atoms with Crippen molar-refractivity contribution in [2.45, 2.75) is 30.8 Å². The van der Waals surface area contributed by atoms with E-state index in [-0.39, 0.29) is 5.41 Å². The Morgan fingerprint density at radius 1 is 1.18 bits per heavy atom. The van der Waals surface area contributed by atoms with Gasteiger partial charge in [0.1, 0.15) is 0 Å². The van der Waals surface area contributed by atoms with Gasteiger partial charge in [0.05, 0.1) is 6.10 Å². The van der Waals surface area contributed by atoms with Crippen LogP contribution in [0, 0.1) is 0 Å². The highest BCUT2D eigenvalue weighted by atomic mass is 79.9. The molecule has 17 heavy (non-hydrogen) atoms. The van der Waals surface area contributed by atoms with Crippen LogP contribution in [0.2, 0.25) is 0 Å². The van der Waals surface area contributed by atoms with E-state index >= 15 is 0 Å². The molecule has 1 unspecified atom stereocenters. The van der Waals surface area contributed by atoms with Gasteiger partial charge in [-0.3, -0.25) is 0 Å². The highest BCUT2D eigenvalue weighted by Crippen LogP contribution is 2.36. The monoisotopic (exact) mass is 360 g/mol. The standard InChI is InChI=1S/C14H18Br2O/c15-10-14(11-16,9-13-7-4-8-17-13)12-5-2-1-3-6-12/h1-3,5-6,13H,4,7-11H2. The Hall–Kier alpha value is 0.140. The minimum Gasteiger partial charge on any atom is -0.378 e. The van der Waals surface area contributed by atoms with E-state index in [9.17, 15) is 0 Å². The summed E-state index contributed by atoms with van der Waals surface area (Å²) in [7, 11) is 0. The molecule has 0 amide bonds. The lowest BCUT2D eigenvalue weighted by Crippen LogP contribution is -2.34. The molecule has 0 aliphatic carbocycles. The second kappa shape index (κ2) is 6.35. The second-order valence-electron chi connectivity index (χ2n) is 4.75. The van der Waals surface area contributed by atoms with Crippen molar-refractivity contribution in [3.63, 3.8) is 0 Å². The quantitative estimate of drug-likeness (QED) is 0.711. The number of rotatable bonds is 5. The summed E-state index contributed by atoms with van der Waals surface area (Å²) in [6.45, 7) is 0.931. The summed E-state index contributed by atoms with van der Waals surface area (Å²) in [5.74, 6) is 0. The molecule has 0 spiro atoms. The van der Waals surface area contributed by atoms with Gasteiger partial charge < -0.3 is 4.74 Å². The van der Waals surface area contributed by atoms with E-state index in [0.717, 1.165) is 23.7 Å². The molecular formula is C14H18Br2O. The Morgan fingerprint density at radius 2 is 1.88 bits per heavy atom. The summed E-state index contributed by atoms with van der Waals surface area (Å²) in [4.78, 5) is 0. The summed E-state index contributed by atoms with van der Waals surface area (Å²) >= 11 is 7.38. The summed E-state index contributed by atoms with van der Waals surface area (Å²) in [6.07, 6.45) is 3.92. The minimum absolute atomic E-state index is 0.149. The van der Waals surface area contributed by atoms with Crippen molar-refractivity contribution in [1.82, 2.24) is 0 Å². The van der Waals surface area contributed by atoms with Crippen LogP contribution in [0.1, 0.15) is 24.8 Å². The molecule has 0 aromatic heterocycles. The van der Waals surface area contributed by atoms with Crippen molar-refractivity contribution in [2.24, 2.45) is 0 Å². The van der Waals surface area contributed by atoms with Crippen LogP contribution in [-0.2, 0) is 10.2 Å². The molecule has 1 fully saturated rings. The number of benzene rings is 1. The van der Waals surface area contributed by atoms with Gasteiger partial charge in [-0.25, -0.2) is 0 Å². The van der Waals surface area contributed by atoms with Gasteiger partial charge in [0.2, 0.25) is 0 Å². The lowest BCUT2D eigenvalue weighted by Gasteiger charge is -2.33. The maximum Gasteiger partial charge on any atom is 0.0585 e. The SMILES string of the molecule is BrCC(CBr)(CC1CCCO1)c1ccccc1. The van der Waals surface area contributed by atoms with E-state index < -0.39 is 0 Å². The van der Waals surface area contributed by atoms with Gasteiger partial charge in [0.25, 0.3) is 0 Å². The largest absolute Gasteiger partial charge is 0.378 e. The fraction of sp³-hybridized carbons (Fsp3) is 0.571. The third kappa shape index (κ3) is 3.12. The highest BCUT2D eigenvalue weighted by molar-refractivity contribution is 9.09. The van der Waals surface area contributed by atoms with Crippen LogP contribution < -0.4 is 0 Å². The Labute approximate surface area is 120 Å². The van der Waals surface area contributed by atoms with Crippen molar-refractivity contribution in [3.8, 4) is 0 Å². The van der Waals surface area contributed by atoms with E-state index in [1.165, 1.54) is 18.4 Å². The van der Waals surface area contributed by atoms with Gasteiger partial charge in [-0.15, -0.1) is 0 Å². The van der Waals surface area contributed by atoms with Gasteiger partial charge in [-0.2, -0.15) is 0 Å². The van der Waals surface area contributed by atoms with E-state index in [0.29, 0.717) is 6.10 Å². The molecule has 1 heterocycles. The van der Waals surface area contributed by atoms with Crippen LogP contribution in [0.3, 0.4) is 0 Å². The third-order valence-electron chi connectivity index (χ3n) is 3.54. The minimum atomic E-state index is 0.149. The Bertz CT molecular complexity index is 329. The highest BCUT2D eigenvalue weighted by Gasteiger charge is 2.34. The zero-order chi connectivity index (χ0) is 12.1. The predicted molar refractivity (Wildman–Crippen MR) is 79.3 cm³/mol. The first kappa shape index (κ1) is 13.6. The molecule has 2 rings (SSSR count). The average molecular weight is 362 g/mol. The Balaban J connectivity index is 2.19. The topological polar surface area (TPSA) is 9.23 Å². The van der Waals surface area contributed by atoms with E-state index in [4.69, 9.17) is 4.74 Å². The van der Waals surface area contributed by atoms with Gasteiger partial charge in [-0.05, 0) is 24.8 Å². The predicted octanol–water partition coefficient (Wildman–Crippen LogP) is 4.28. The molecule has 1 atom stereocenters. The van der Waals surface area contributed by atoms with Crippen LogP contribution in [0.15, 0.2) is 30.3 Å². The summed E-state index contributed by atoms with van der Waals surface area (Å²) in [5, 5.41) is 1.93. The molecule has 0 N–H and O–H groups in total. The molecule has 1 saturated heterocycles. The number of hydrogen-bond acceptors (Lipinski definition) is 1. The van der Waals surface area contributed by atoms with Gasteiger partial charge in [0, 0.05) is 22.7 Å². The molecule has 1 aliphatic heterocycles. The smallest absolute Gasteiger partial charge is 0.0585 e. The fourth-order valence-corrected chi connectivity index (χ4v) is 4.48. The van der Waals surface area contributed by atoms with Crippen molar-refractivity contribution in [1.29, 1.82) is 0 Å². The lowest BCUT2D eigenvalue weighted by molar-refractivity contribution is 0.0892. The van der Waals surface area contributed by atoms with Crippen LogP contribution in [0.4, 0.5) is 0 Å². The van der Waals surface area contributed by atoms with Crippen LogP contribution in [0.25, 0.3) is 0 Å². The summed E-state index contributed by atoms with van der Waals surface area (Å²) < 4.78 is 5.79. The number of hydrogen-bond donors (Lipinski definition) is 0. The van der Waals surface area contributed by atoms with Crippen molar-refractivity contribution >= 4 is 31.9 Å². The van der Waals surface area contributed by atoms with E-state index in [1.807, 2.05) is 0 Å². The van der Waals surface area contributed by atoms with Crippen molar-refractivity contribution < 1.29 is 4.74 Å². The lowest BCUT2D eigenvalue weighted by atomic mass is 9.79. The maximum absolute atomic E-state index is 5.79. The van der Waals surface area contributed by atoms with E-state index in [1.54, 1.807) is 0 Å². The summed E-state index contributed by atoms with van der Waals surface area (Å²) in [5.41, 5.74) is 1.54. The molecule has 1 aromatic rings. The Morgan fingerprint density at radius 3 is 2.41 bits per heavy atom. The molecular weight excluding hydrogens is 344 g/mol. The molecule has 0 bridgehead atoms. The van der Waals surface area contributed by atoms with Crippen molar-refractivity contribution in [2.75, 3.05) is 17.3 Å². The molecule has 0 radical (unpaired) electrons. The van der Waals surface area contributed by atoms with Gasteiger partial charge in [-0.1, -0.05) is 62.2 Å². The van der Waals surface area contributed by atoms with Gasteiger partial charge in [0.15, 0.2) is 0 Å². The number of alkyl halides is 2. The normalized spacial score (nSPS) is 20.7. The zero-order valence-corrected chi connectivity index (χ0v) is 13.0. The fourth-order valence-electron chi connectivity index (χ4n) is 2.45. The first-order valence-corrected chi connectivity index (χ1v) is 8.34. The summed E-state index contributed by atoms with van der Waals surface area (Å²) in [6, 6.07) is 10.7. The van der Waals surface area contributed by atoms with Crippen LogP contribution in [-0.4, -0.2) is 23.4 Å². The maximum atomic E-state index is 5.79. The molecule has 3 heteroatoms. The third-order valence-corrected chi connectivity index (χ3v) is 5.69. The van der Waals surface area contributed by atoms with E-state index in [2.05, 4.69) is 62.2 Å². The molecule has 1 nitrogen and oxygen atoms in total. The first-order valence-electron chi connectivity index (χ1n) is 6.10. The zero-order valence-electron chi connectivity index (χ0n) is 9.87. The number of halogens is 2. The molecule has 0 saturated carbocycles. The molecule has 1 aliphatic rings.